The van der Waals surface area contributed by atoms with E-state index in [0.29, 0.717) is 0 Å². The third-order valence-corrected chi connectivity index (χ3v) is 5.28. The largest absolute Gasteiger partial charge is 0.315 e. The minimum Gasteiger partial charge on any atom is -0.315 e. The van der Waals surface area contributed by atoms with Crippen molar-refractivity contribution < 1.29 is 0 Å². The van der Waals surface area contributed by atoms with E-state index in [1.807, 2.05) is 10.8 Å². The molecule has 0 spiro atoms. The molecule has 10 nitrogen and oxygen atoms in total. The minimum absolute atomic E-state index is 0.115. The van der Waals surface area contributed by atoms with Gasteiger partial charge in [-0.1, -0.05) is 62.3 Å². The average Bonchev–Trinajstić information content (AvgIpc) is 3.57. The second-order valence-corrected chi connectivity index (χ2v) is 12.7. The van der Waals surface area contributed by atoms with Crippen LogP contribution in [0.2, 0.25) is 0 Å². The van der Waals surface area contributed by atoms with Gasteiger partial charge >= 0.3 is 0 Å². The summed E-state index contributed by atoms with van der Waals surface area (Å²) in [7, 11) is 0. The Hall–Kier alpha value is -3.04. The lowest BCUT2D eigenvalue weighted by molar-refractivity contribution is 0.395. The van der Waals surface area contributed by atoms with E-state index in [4.69, 9.17) is 0 Å². The van der Waals surface area contributed by atoms with Crippen LogP contribution in [0.5, 0.6) is 0 Å². The van der Waals surface area contributed by atoms with Crippen LogP contribution in [0.1, 0.15) is 88.8 Å². The number of aliphatic imine (C=N–C) groups is 2. The highest BCUT2D eigenvalue weighted by Gasteiger charge is 2.19. The fourth-order valence-electron chi connectivity index (χ4n) is 2.52. The third-order valence-electron chi connectivity index (χ3n) is 5.28. The number of hydrogen-bond acceptors (Lipinski definition) is 8. The number of rotatable bonds is 0. The van der Waals surface area contributed by atoms with Crippen molar-refractivity contribution in [1.82, 2.24) is 30.2 Å². The second-order valence-electron chi connectivity index (χ2n) is 12.7. The van der Waals surface area contributed by atoms with E-state index in [0.717, 1.165) is 18.8 Å². The molecule has 0 bridgehead atoms. The Bertz CT molecular complexity index is 915. The van der Waals surface area contributed by atoms with Gasteiger partial charge < -0.3 is 4.57 Å². The summed E-state index contributed by atoms with van der Waals surface area (Å²) in [6.45, 7) is 27.2. The lowest BCUT2D eigenvalue weighted by Crippen LogP contribution is -2.20. The highest BCUT2D eigenvalue weighted by Crippen LogP contribution is 2.27. The molecule has 0 saturated heterocycles. The van der Waals surface area contributed by atoms with Crippen LogP contribution >= 0.6 is 0 Å². The molecule has 0 radical (unpaired) electrons. The van der Waals surface area contributed by atoms with Crippen molar-refractivity contribution in [2.75, 3.05) is 13.1 Å². The number of aromatic nitrogens is 6. The maximum atomic E-state index is 4.13. The molecule has 0 aliphatic carbocycles. The third kappa shape index (κ3) is 11.6. The molecule has 0 unspecified atom stereocenters. The highest BCUT2D eigenvalue weighted by atomic mass is 15.3. The Morgan fingerprint density at radius 2 is 1.39 bits per heavy atom. The molecule has 4 heterocycles. The molecule has 2 aromatic heterocycles. The van der Waals surface area contributed by atoms with Crippen LogP contribution in [-0.2, 0) is 11.0 Å². The Morgan fingerprint density at radius 3 is 1.61 bits per heavy atom. The molecule has 36 heavy (non-hydrogen) atoms. The molecule has 2 aromatic rings. The summed E-state index contributed by atoms with van der Waals surface area (Å²) in [6.07, 6.45) is 8.70. The quantitative estimate of drug-likeness (QED) is 0.476. The van der Waals surface area contributed by atoms with Gasteiger partial charge in [0.2, 0.25) is 0 Å². The van der Waals surface area contributed by atoms with Crippen molar-refractivity contribution in [3.63, 3.8) is 0 Å². The maximum absolute atomic E-state index is 4.13. The summed E-state index contributed by atoms with van der Waals surface area (Å²) < 4.78 is 1.97. The predicted octanol–water partition coefficient (Wildman–Crippen LogP) is 6.03. The van der Waals surface area contributed by atoms with E-state index in [1.54, 1.807) is 25.2 Å². The maximum Gasteiger partial charge on any atom is 0.119 e. The van der Waals surface area contributed by atoms with E-state index in [9.17, 15) is 0 Å². The van der Waals surface area contributed by atoms with Gasteiger partial charge in [-0.2, -0.15) is 25.6 Å². The molecule has 4 rings (SSSR count). The molecule has 1 N–H and O–H groups in total. The van der Waals surface area contributed by atoms with Crippen molar-refractivity contribution in [1.29, 1.82) is 0 Å². The number of azo groups is 1. The summed E-state index contributed by atoms with van der Waals surface area (Å²) in [6, 6.07) is 0. The minimum atomic E-state index is 0.115. The SMILES string of the molecule is CC(C)(C)C1=CN=NC1.CC(C)(C)C1=NC=NC1.CC(C)(C)c1cn[nH]n1.CC(C)(C)n1cnnc1. The Balaban J connectivity index is 0.000000240. The summed E-state index contributed by atoms with van der Waals surface area (Å²) in [5.74, 6) is 0. The average molecular weight is 499 g/mol. The fraction of sp³-hybridized carbons (Fsp3) is 0.692. The van der Waals surface area contributed by atoms with Gasteiger partial charge in [-0.25, -0.2) is 4.99 Å². The van der Waals surface area contributed by atoms with Crippen LogP contribution in [0, 0.1) is 10.8 Å². The Labute approximate surface area is 216 Å². The zero-order valence-electron chi connectivity index (χ0n) is 24.3. The van der Waals surface area contributed by atoms with Crippen LogP contribution < -0.4 is 0 Å². The molecule has 200 valence electrons. The molecule has 2 aliphatic heterocycles. The van der Waals surface area contributed by atoms with Crippen molar-refractivity contribution in [3.8, 4) is 0 Å². The van der Waals surface area contributed by atoms with Crippen LogP contribution in [0.15, 0.2) is 50.8 Å². The first-order chi connectivity index (χ1) is 16.4. The van der Waals surface area contributed by atoms with Gasteiger partial charge in [0, 0.05) is 22.1 Å². The molecule has 0 saturated carbocycles. The molecular formula is C26H46N10. The van der Waals surface area contributed by atoms with E-state index in [1.165, 1.54) is 11.3 Å². The van der Waals surface area contributed by atoms with Crippen molar-refractivity contribution in [3.05, 3.63) is 36.3 Å². The molecule has 10 heteroatoms. The van der Waals surface area contributed by atoms with Crippen molar-refractivity contribution >= 4 is 12.1 Å². The molecule has 0 fully saturated rings. The lowest BCUT2D eigenvalue weighted by Gasteiger charge is -2.18. The van der Waals surface area contributed by atoms with Gasteiger partial charge in [-0.3, -0.25) is 4.99 Å². The molecule has 0 atom stereocenters. The Morgan fingerprint density at radius 1 is 0.778 bits per heavy atom. The molecule has 0 aromatic carbocycles. The summed E-state index contributed by atoms with van der Waals surface area (Å²) in [4.78, 5) is 8.13. The first-order valence-corrected chi connectivity index (χ1v) is 12.3. The van der Waals surface area contributed by atoms with Crippen molar-refractivity contribution in [2.45, 2.75) is 94.0 Å². The van der Waals surface area contributed by atoms with Gasteiger partial charge in [-0.05, 0) is 31.8 Å². The predicted molar refractivity (Wildman–Crippen MR) is 148 cm³/mol. The normalized spacial score (nSPS) is 15.1. The lowest BCUT2D eigenvalue weighted by atomic mass is 9.87. The molecule has 2 aliphatic rings. The monoisotopic (exact) mass is 498 g/mol. The van der Waals surface area contributed by atoms with E-state index < -0.39 is 0 Å². The number of H-pyrrole nitrogens is 1. The summed E-state index contributed by atoms with van der Waals surface area (Å²) in [5, 5.41) is 25.3. The van der Waals surface area contributed by atoms with Crippen LogP contribution in [0.4, 0.5) is 0 Å². The van der Waals surface area contributed by atoms with Crippen molar-refractivity contribution in [2.24, 2.45) is 31.0 Å². The zero-order valence-corrected chi connectivity index (χ0v) is 24.3. The number of aromatic amines is 1. The molecule has 0 amide bonds. The number of nitrogens with zero attached hydrogens (tertiary/aromatic N) is 9. The smallest absolute Gasteiger partial charge is 0.119 e. The zero-order chi connectivity index (χ0) is 27.6. The first kappa shape index (κ1) is 31.0. The van der Waals surface area contributed by atoms with Crippen LogP contribution in [0.3, 0.4) is 0 Å². The van der Waals surface area contributed by atoms with Gasteiger partial charge in [-0.15, -0.1) is 10.2 Å². The summed E-state index contributed by atoms with van der Waals surface area (Å²) in [5.41, 5.74) is 4.20. The van der Waals surface area contributed by atoms with Crippen LogP contribution in [-0.4, -0.2) is 55.3 Å². The number of hydrogen-bond donors (Lipinski definition) is 1. The van der Waals surface area contributed by atoms with E-state index in [-0.39, 0.29) is 21.8 Å². The standard InChI is InChI=1S/2C7H12N2.2C6H11N3/c1-7(2,3)6-4-8-5-9-6;1-7(2,3)6-4-8-9-5-6;1-6(2,3)9-4-7-8-5-9;1-6(2,3)5-4-7-9-8-5/h5H,4H2,1-3H3;4H,5H2,1-3H3;4-5H,1-3H3;4H,1-3H3,(H,7,8,9). The Kier molecular flexibility index (Phi) is 11.0. The highest BCUT2D eigenvalue weighted by molar-refractivity contribution is 5.99. The van der Waals surface area contributed by atoms with Gasteiger partial charge in [0.15, 0.2) is 0 Å². The van der Waals surface area contributed by atoms with Crippen LogP contribution in [0.25, 0.3) is 0 Å². The second kappa shape index (κ2) is 12.8. The van der Waals surface area contributed by atoms with E-state index in [2.05, 4.69) is 129 Å². The van der Waals surface area contributed by atoms with Gasteiger partial charge in [0.25, 0.3) is 0 Å². The van der Waals surface area contributed by atoms with E-state index >= 15 is 0 Å². The summed E-state index contributed by atoms with van der Waals surface area (Å²) >= 11 is 0. The first-order valence-electron chi connectivity index (χ1n) is 12.3. The van der Waals surface area contributed by atoms with Gasteiger partial charge in [0.05, 0.1) is 31.2 Å². The topological polar surface area (TPSA) is 122 Å². The van der Waals surface area contributed by atoms with Gasteiger partial charge in [0.1, 0.15) is 19.0 Å². The molecular weight excluding hydrogens is 452 g/mol. The number of nitrogens with one attached hydrogen (secondary N) is 1. The fourth-order valence-corrected chi connectivity index (χ4v) is 2.52.